The Morgan fingerprint density at radius 2 is 2.00 bits per heavy atom. The van der Waals surface area contributed by atoms with Gasteiger partial charge in [0, 0.05) is 19.6 Å². The highest BCUT2D eigenvalue weighted by Gasteiger charge is 2.13. The van der Waals surface area contributed by atoms with E-state index in [9.17, 15) is 0 Å². The van der Waals surface area contributed by atoms with Crippen LogP contribution in [0.3, 0.4) is 0 Å². The lowest BCUT2D eigenvalue weighted by Crippen LogP contribution is -2.34. The lowest BCUT2D eigenvalue weighted by atomic mass is 10.1. The molecular weight excluding hydrogens is 162 g/mol. The quantitative estimate of drug-likeness (QED) is 0.682. The maximum Gasteiger partial charge on any atom is 0.0109 e. The molecule has 0 saturated carbocycles. The summed E-state index contributed by atoms with van der Waals surface area (Å²) in [6, 6.07) is 0. The Hall–Kier alpha value is -0.120. The summed E-state index contributed by atoms with van der Waals surface area (Å²) in [6.07, 6.45) is 1.30. The van der Waals surface area contributed by atoms with E-state index in [1.165, 1.54) is 39.1 Å². The van der Waals surface area contributed by atoms with Crippen molar-refractivity contribution >= 4 is 0 Å². The van der Waals surface area contributed by atoms with E-state index in [1.54, 1.807) is 0 Å². The van der Waals surface area contributed by atoms with Crippen LogP contribution in [0.15, 0.2) is 0 Å². The van der Waals surface area contributed by atoms with Crippen molar-refractivity contribution in [2.24, 2.45) is 11.7 Å². The van der Waals surface area contributed by atoms with Gasteiger partial charge in [0.1, 0.15) is 0 Å². The monoisotopic (exact) mass is 185 g/mol. The van der Waals surface area contributed by atoms with Gasteiger partial charge in [-0.3, -0.25) is 0 Å². The fourth-order valence-electron chi connectivity index (χ4n) is 1.80. The van der Waals surface area contributed by atoms with Crippen molar-refractivity contribution in [3.8, 4) is 0 Å². The molecule has 13 heavy (non-hydrogen) atoms. The summed E-state index contributed by atoms with van der Waals surface area (Å²) < 4.78 is 0. The summed E-state index contributed by atoms with van der Waals surface area (Å²) >= 11 is 0. The number of likely N-dealkylation sites (N-methyl/N-ethyl adjacent to an activating group) is 1. The lowest BCUT2D eigenvalue weighted by molar-refractivity contribution is 0.245. The van der Waals surface area contributed by atoms with Crippen LogP contribution in [0.5, 0.6) is 0 Å². The lowest BCUT2D eigenvalue weighted by Gasteiger charge is -2.23. The molecule has 1 atom stereocenters. The highest BCUT2D eigenvalue weighted by atomic mass is 15.2. The normalized spacial score (nSPS) is 24.2. The van der Waals surface area contributed by atoms with Gasteiger partial charge in [-0.2, -0.15) is 0 Å². The van der Waals surface area contributed by atoms with Crippen molar-refractivity contribution in [3.63, 3.8) is 0 Å². The van der Waals surface area contributed by atoms with Gasteiger partial charge in [-0.25, -0.2) is 0 Å². The van der Waals surface area contributed by atoms with Gasteiger partial charge in [-0.15, -0.1) is 0 Å². The van der Waals surface area contributed by atoms with Gasteiger partial charge in [0.25, 0.3) is 0 Å². The molecule has 0 amide bonds. The number of rotatable bonds is 3. The fraction of sp³-hybridized carbons (Fsp3) is 1.00. The van der Waals surface area contributed by atoms with Gasteiger partial charge in [-0.1, -0.05) is 6.92 Å². The van der Waals surface area contributed by atoms with Gasteiger partial charge in [-0.05, 0) is 39.0 Å². The third-order valence-electron chi connectivity index (χ3n) is 2.78. The van der Waals surface area contributed by atoms with Crippen LogP contribution >= 0.6 is 0 Å². The first-order chi connectivity index (χ1) is 6.22. The molecule has 1 aliphatic heterocycles. The average Bonchev–Trinajstić information content (AvgIpc) is 2.31. The van der Waals surface area contributed by atoms with Crippen LogP contribution in [-0.4, -0.2) is 56.1 Å². The van der Waals surface area contributed by atoms with Crippen molar-refractivity contribution in [1.29, 1.82) is 0 Å². The van der Waals surface area contributed by atoms with Crippen LogP contribution in [0, 0.1) is 5.92 Å². The molecule has 1 saturated heterocycles. The third kappa shape index (κ3) is 4.07. The van der Waals surface area contributed by atoms with Gasteiger partial charge < -0.3 is 15.5 Å². The molecule has 0 radical (unpaired) electrons. The molecule has 0 aromatic carbocycles. The van der Waals surface area contributed by atoms with Crippen LogP contribution in [0.4, 0.5) is 0 Å². The molecule has 78 valence electrons. The maximum atomic E-state index is 5.62. The van der Waals surface area contributed by atoms with Crippen molar-refractivity contribution in [2.75, 3.05) is 46.3 Å². The first kappa shape index (κ1) is 11.0. The molecule has 1 heterocycles. The molecule has 2 N–H and O–H groups in total. The summed E-state index contributed by atoms with van der Waals surface area (Å²) in [6.45, 7) is 9.12. The Morgan fingerprint density at radius 3 is 2.69 bits per heavy atom. The molecule has 3 heteroatoms. The van der Waals surface area contributed by atoms with Crippen molar-refractivity contribution < 1.29 is 0 Å². The van der Waals surface area contributed by atoms with Crippen molar-refractivity contribution in [1.82, 2.24) is 9.80 Å². The molecule has 0 spiro atoms. The Labute approximate surface area is 81.9 Å². The summed E-state index contributed by atoms with van der Waals surface area (Å²) in [5.74, 6) is 0.642. The smallest absolute Gasteiger partial charge is 0.0109 e. The van der Waals surface area contributed by atoms with E-state index in [2.05, 4.69) is 23.8 Å². The zero-order chi connectivity index (χ0) is 9.68. The second kappa shape index (κ2) is 5.58. The zero-order valence-electron chi connectivity index (χ0n) is 9.00. The maximum absolute atomic E-state index is 5.62. The van der Waals surface area contributed by atoms with E-state index in [4.69, 9.17) is 5.73 Å². The number of hydrogen-bond acceptors (Lipinski definition) is 3. The van der Waals surface area contributed by atoms with Crippen LogP contribution in [-0.2, 0) is 0 Å². The van der Waals surface area contributed by atoms with E-state index < -0.39 is 0 Å². The largest absolute Gasteiger partial charge is 0.330 e. The third-order valence-corrected chi connectivity index (χ3v) is 2.78. The molecule has 1 aliphatic rings. The van der Waals surface area contributed by atoms with Gasteiger partial charge in [0.2, 0.25) is 0 Å². The average molecular weight is 185 g/mol. The number of nitrogens with two attached hydrogens (primary N) is 1. The van der Waals surface area contributed by atoms with E-state index >= 15 is 0 Å². The van der Waals surface area contributed by atoms with Crippen molar-refractivity contribution in [2.45, 2.75) is 13.3 Å². The summed E-state index contributed by atoms with van der Waals surface area (Å²) in [5, 5.41) is 0. The Balaban J connectivity index is 2.25. The first-order valence-electron chi connectivity index (χ1n) is 5.33. The second-order valence-electron chi connectivity index (χ2n) is 4.30. The van der Waals surface area contributed by atoms with Crippen LogP contribution < -0.4 is 5.73 Å². The van der Waals surface area contributed by atoms with Crippen LogP contribution in [0.1, 0.15) is 13.3 Å². The highest BCUT2D eigenvalue weighted by Crippen LogP contribution is 2.04. The number of nitrogens with zero attached hydrogens (tertiary/aromatic N) is 2. The van der Waals surface area contributed by atoms with E-state index in [1.807, 2.05) is 0 Å². The van der Waals surface area contributed by atoms with E-state index in [-0.39, 0.29) is 0 Å². The predicted octanol–water partition coefficient (Wildman–Crippen LogP) is 0.219. The summed E-state index contributed by atoms with van der Waals surface area (Å²) in [5.41, 5.74) is 5.62. The molecule has 0 aromatic heterocycles. The van der Waals surface area contributed by atoms with Crippen LogP contribution in [0.25, 0.3) is 0 Å². The van der Waals surface area contributed by atoms with Crippen LogP contribution in [0.2, 0.25) is 0 Å². The van der Waals surface area contributed by atoms with E-state index in [0.29, 0.717) is 5.92 Å². The SMILES string of the molecule is CC(CN)CN1CCCN(C)CC1. The Bertz CT molecular complexity index is 138. The fourth-order valence-corrected chi connectivity index (χ4v) is 1.80. The topological polar surface area (TPSA) is 32.5 Å². The van der Waals surface area contributed by atoms with E-state index in [0.717, 1.165) is 6.54 Å². The minimum absolute atomic E-state index is 0.642. The summed E-state index contributed by atoms with van der Waals surface area (Å²) in [4.78, 5) is 4.95. The highest BCUT2D eigenvalue weighted by molar-refractivity contribution is 4.69. The molecule has 3 nitrogen and oxygen atoms in total. The minimum Gasteiger partial charge on any atom is -0.330 e. The van der Waals surface area contributed by atoms with Gasteiger partial charge >= 0.3 is 0 Å². The molecule has 0 aliphatic carbocycles. The predicted molar refractivity (Wildman–Crippen MR) is 56.8 cm³/mol. The summed E-state index contributed by atoms with van der Waals surface area (Å²) in [7, 11) is 2.20. The Morgan fingerprint density at radius 1 is 1.23 bits per heavy atom. The molecule has 1 unspecified atom stereocenters. The Kier molecular flexibility index (Phi) is 4.70. The minimum atomic E-state index is 0.642. The molecule has 0 bridgehead atoms. The second-order valence-corrected chi connectivity index (χ2v) is 4.30. The molecule has 1 fully saturated rings. The first-order valence-corrected chi connectivity index (χ1v) is 5.33. The molecule has 0 aromatic rings. The standard InChI is InChI=1S/C10H23N3/c1-10(8-11)9-13-5-3-4-12(2)6-7-13/h10H,3-9,11H2,1-2H3. The van der Waals surface area contributed by atoms with Gasteiger partial charge in [0.15, 0.2) is 0 Å². The zero-order valence-corrected chi connectivity index (χ0v) is 9.00. The van der Waals surface area contributed by atoms with Crippen molar-refractivity contribution in [3.05, 3.63) is 0 Å². The number of hydrogen-bond donors (Lipinski definition) is 1. The van der Waals surface area contributed by atoms with Gasteiger partial charge in [0.05, 0.1) is 0 Å². The molecular formula is C10H23N3. The molecule has 1 rings (SSSR count).